The molecule has 14 heavy (non-hydrogen) atoms. The molecule has 1 rings (SSSR count). The molecule has 0 aliphatic carbocycles. The highest BCUT2D eigenvalue weighted by molar-refractivity contribution is 6.85. The third-order valence-electron chi connectivity index (χ3n) is 1.64. The molecule has 2 nitrogen and oxygen atoms in total. The van der Waals surface area contributed by atoms with E-state index in [4.69, 9.17) is 17.0 Å². The van der Waals surface area contributed by atoms with Gasteiger partial charge in [-0.1, -0.05) is 41.9 Å². The fourth-order valence-electron chi connectivity index (χ4n) is 1.02. The molecule has 0 saturated heterocycles. The Balaban J connectivity index is 2.87. The van der Waals surface area contributed by atoms with E-state index in [1.165, 1.54) is 0 Å². The third kappa shape index (κ3) is 2.96. The normalized spacial score (nSPS) is 11.9. The van der Waals surface area contributed by atoms with E-state index < -0.39 is 0 Å². The largest absolute Gasteiger partial charge is 0.297 e. The molecule has 0 bridgehead atoms. The van der Waals surface area contributed by atoms with Crippen molar-refractivity contribution in [3.05, 3.63) is 35.9 Å². The van der Waals surface area contributed by atoms with Gasteiger partial charge in [-0.15, -0.1) is 0 Å². The number of benzene rings is 1. The van der Waals surface area contributed by atoms with Gasteiger partial charge in [-0.3, -0.25) is 10.4 Å². The molecular weight excluding hydrogens is 196 g/mol. The standard InChI is InChI=1S/C11H13ClN2/c1-8(2)14-11(12)10(13)9-6-4-3-5-7-9/h3-8,13H,1-2H3. The minimum absolute atomic E-state index is 0.117. The van der Waals surface area contributed by atoms with Gasteiger partial charge in [0.15, 0.2) is 0 Å². The van der Waals surface area contributed by atoms with E-state index in [0.29, 0.717) is 0 Å². The van der Waals surface area contributed by atoms with E-state index in [-0.39, 0.29) is 16.9 Å². The van der Waals surface area contributed by atoms with E-state index in [1.54, 1.807) is 0 Å². The number of nitrogens with zero attached hydrogens (tertiary/aromatic N) is 1. The molecule has 1 aromatic rings. The number of halogens is 1. The number of rotatable bonds is 3. The predicted octanol–water partition coefficient (Wildman–Crippen LogP) is 3.10. The van der Waals surface area contributed by atoms with Crippen molar-refractivity contribution < 1.29 is 0 Å². The summed E-state index contributed by atoms with van der Waals surface area (Å²) in [5, 5.41) is 8.04. The highest BCUT2D eigenvalue weighted by Crippen LogP contribution is 2.05. The number of aliphatic imine (C=N–C) groups is 1. The summed E-state index contributed by atoms with van der Waals surface area (Å²) < 4.78 is 0. The van der Waals surface area contributed by atoms with Crippen LogP contribution in [0.4, 0.5) is 0 Å². The lowest BCUT2D eigenvalue weighted by Gasteiger charge is -2.03. The average Bonchev–Trinajstić information content (AvgIpc) is 2.17. The summed E-state index contributed by atoms with van der Waals surface area (Å²) in [5.41, 5.74) is 1.07. The van der Waals surface area contributed by atoms with Gasteiger partial charge in [-0.25, -0.2) is 0 Å². The fourth-order valence-corrected chi connectivity index (χ4v) is 1.32. The van der Waals surface area contributed by atoms with Crippen molar-refractivity contribution in [1.82, 2.24) is 0 Å². The Morgan fingerprint density at radius 2 is 1.86 bits per heavy atom. The summed E-state index contributed by atoms with van der Waals surface area (Å²) in [5.74, 6) is 0. The van der Waals surface area contributed by atoms with Crippen molar-refractivity contribution in [3.63, 3.8) is 0 Å². The van der Waals surface area contributed by atoms with Crippen LogP contribution in [0.25, 0.3) is 0 Å². The van der Waals surface area contributed by atoms with Crippen LogP contribution >= 0.6 is 11.6 Å². The quantitative estimate of drug-likeness (QED) is 0.742. The zero-order valence-corrected chi connectivity index (χ0v) is 9.05. The van der Waals surface area contributed by atoms with E-state index in [1.807, 2.05) is 44.2 Å². The topological polar surface area (TPSA) is 36.2 Å². The van der Waals surface area contributed by atoms with Crippen molar-refractivity contribution in [2.24, 2.45) is 4.99 Å². The lowest BCUT2D eigenvalue weighted by molar-refractivity contribution is 0.841. The van der Waals surface area contributed by atoms with Gasteiger partial charge in [0.2, 0.25) is 0 Å². The second-order valence-electron chi connectivity index (χ2n) is 3.25. The highest BCUT2D eigenvalue weighted by atomic mass is 35.5. The van der Waals surface area contributed by atoms with E-state index >= 15 is 0 Å². The molecule has 0 aliphatic rings. The number of hydrogen-bond acceptors (Lipinski definition) is 2. The Bertz CT molecular complexity index is 342. The van der Waals surface area contributed by atoms with Crippen LogP contribution in [0.3, 0.4) is 0 Å². The maximum atomic E-state index is 7.77. The Hall–Kier alpha value is -1.15. The van der Waals surface area contributed by atoms with Gasteiger partial charge in [-0.05, 0) is 13.8 Å². The molecule has 0 atom stereocenters. The van der Waals surface area contributed by atoms with Crippen LogP contribution < -0.4 is 0 Å². The average molecular weight is 209 g/mol. The maximum absolute atomic E-state index is 7.77. The molecule has 0 radical (unpaired) electrons. The molecule has 74 valence electrons. The first kappa shape index (κ1) is 10.9. The smallest absolute Gasteiger partial charge is 0.149 e. The summed E-state index contributed by atoms with van der Waals surface area (Å²) in [6, 6.07) is 9.48. The van der Waals surface area contributed by atoms with Crippen LogP contribution in [0, 0.1) is 5.41 Å². The molecule has 0 amide bonds. The summed E-state index contributed by atoms with van der Waals surface area (Å²) in [7, 11) is 0. The molecule has 1 N–H and O–H groups in total. The maximum Gasteiger partial charge on any atom is 0.149 e. The molecule has 0 unspecified atom stereocenters. The lowest BCUT2D eigenvalue weighted by Crippen LogP contribution is -2.10. The predicted molar refractivity (Wildman–Crippen MR) is 61.7 cm³/mol. The molecule has 3 heteroatoms. The van der Waals surface area contributed by atoms with Crippen molar-refractivity contribution in [2.75, 3.05) is 0 Å². The second kappa shape index (κ2) is 4.91. The Morgan fingerprint density at radius 1 is 1.29 bits per heavy atom. The Labute approximate surface area is 89.1 Å². The zero-order valence-electron chi connectivity index (χ0n) is 8.29. The van der Waals surface area contributed by atoms with Crippen LogP contribution in [-0.4, -0.2) is 16.9 Å². The van der Waals surface area contributed by atoms with Gasteiger partial charge >= 0.3 is 0 Å². The molecule has 0 aliphatic heterocycles. The first-order chi connectivity index (χ1) is 6.61. The van der Waals surface area contributed by atoms with E-state index in [9.17, 15) is 0 Å². The van der Waals surface area contributed by atoms with Crippen molar-refractivity contribution in [2.45, 2.75) is 19.9 Å². The monoisotopic (exact) mass is 208 g/mol. The number of hydrogen-bond donors (Lipinski definition) is 1. The first-order valence-electron chi connectivity index (χ1n) is 4.49. The fraction of sp³-hybridized carbons (Fsp3) is 0.273. The van der Waals surface area contributed by atoms with Crippen molar-refractivity contribution in [1.29, 1.82) is 5.41 Å². The molecule has 0 aromatic heterocycles. The van der Waals surface area contributed by atoms with Crippen LogP contribution in [0.2, 0.25) is 0 Å². The molecular formula is C11H13ClN2. The minimum atomic E-state index is 0.117. The lowest BCUT2D eigenvalue weighted by atomic mass is 10.1. The molecule has 1 aromatic carbocycles. The van der Waals surface area contributed by atoms with Gasteiger partial charge in [0, 0.05) is 11.6 Å². The summed E-state index contributed by atoms with van der Waals surface area (Å²) in [6.07, 6.45) is 0. The van der Waals surface area contributed by atoms with Gasteiger partial charge < -0.3 is 0 Å². The van der Waals surface area contributed by atoms with Crippen LogP contribution in [0.15, 0.2) is 35.3 Å². The van der Waals surface area contributed by atoms with Gasteiger partial charge in [0.1, 0.15) is 5.17 Å². The molecule has 0 heterocycles. The SMILES string of the molecule is CC(C)N=C(Cl)C(=N)c1ccccc1. The second-order valence-corrected chi connectivity index (χ2v) is 3.61. The van der Waals surface area contributed by atoms with Crippen molar-refractivity contribution >= 4 is 22.5 Å². The van der Waals surface area contributed by atoms with E-state index in [0.717, 1.165) is 5.56 Å². The summed E-state index contributed by atoms with van der Waals surface area (Å²) in [6.45, 7) is 3.86. The van der Waals surface area contributed by atoms with Crippen LogP contribution in [-0.2, 0) is 0 Å². The number of nitrogens with one attached hydrogen (secondary N) is 1. The van der Waals surface area contributed by atoms with Crippen LogP contribution in [0.5, 0.6) is 0 Å². The van der Waals surface area contributed by atoms with Gasteiger partial charge in [0.05, 0.1) is 5.71 Å². The third-order valence-corrected chi connectivity index (χ3v) is 1.93. The highest BCUT2D eigenvalue weighted by Gasteiger charge is 2.06. The summed E-state index contributed by atoms with van der Waals surface area (Å²) >= 11 is 5.89. The van der Waals surface area contributed by atoms with Crippen molar-refractivity contribution in [3.8, 4) is 0 Å². The molecule has 0 spiro atoms. The Morgan fingerprint density at radius 3 is 2.36 bits per heavy atom. The van der Waals surface area contributed by atoms with Gasteiger partial charge in [0.25, 0.3) is 0 Å². The minimum Gasteiger partial charge on any atom is -0.297 e. The van der Waals surface area contributed by atoms with E-state index in [2.05, 4.69) is 4.99 Å². The van der Waals surface area contributed by atoms with Crippen LogP contribution in [0.1, 0.15) is 19.4 Å². The Kier molecular flexibility index (Phi) is 3.84. The molecule has 0 fully saturated rings. The zero-order chi connectivity index (χ0) is 10.6. The summed E-state index contributed by atoms with van der Waals surface area (Å²) in [4.78, 5) is 4.11. The first-order valence-corrected chi connectivity index (χ1v) is 4.86. The molecule has 0 saturated carbocycles. The van der Waals surface area contributed by atoms with Gasteiger partial charge in [-0.2, -0.15) is 0 Å².